The molecular weight excluding hydrogens is 216 g/mol. The Balaban J connectivity index is 1.81. The van der Waals surface area contributed by atoms with E-state index in [1.54, 1.807) is 12.1 Å². The fourth-order valence-corrected chi connectivity index (χ4v) is 2.75. The van der Waals surface area contributed by atoms with Crippen LogP contribution in [0.25, 0.3) is 0 Å². The van der Waals surface area contributed by atoms with Crippen LogP contribution < -0.4 is 10.2 Å². The van der Waals surface area contributed by atoms with Crippen molar-refractivity contribution < 1.29 is 9.90 Å². The molecule has 0 saturated carbocycles. The first-order valence-corrected chi connectivity index (χ1v) is 5.96. The summed E-state index contributed by atoms with van der Waals surface area (Å²) in [5.74, 6) is 0.0742. The van der Waals surface area contributed by atoms with Crippen LogP contribution in [0.2, 0.25) is 0 Å². The Morgan fingerprint density at radius 1 is 1.41 bits per heavy atom. The lowest BCUT2D eigenvalue weighted by Crippen LogP contribution is -2.54. The highest BCUT2D eigenvalue weighted by Gasteiger charge is 2.42. The second-order valence-corrected chi connectivity index (χ2v) is 5.14. The number of phenols is 1. The quantitative estimate of drug-likeness (QED) is 0.747. The van der Waals surface area contributed by atoms with Gasteiger partial charge in [-0.1, -0.05) is 0 Å². The molecule has 3 rings (SSSR count). The number of hydrogen-bond donors (Lipinski definition) is 2. The molecule has 4 heteroatoms. The molecule has 0 aromatic heterocycles. The summed E-state index contributed by atoms with van der Waals surface area (Å²) in [7, 11) is 0. The molecule has 0 aliphatic carbocycles. The molecule has 90 valence electrons. The Morgan fingerprint density at radius 3 is 2.76 bits per heavy atom. The third-order valence-corrected chi connectivity index (χ3v) is 3.94. The first-order valence-electron chi connectivity index (χ1n) is 5.96. The highest BCUT2D eigenvalue weighted by Crippen LogP contribution is 2.37. The molecule has 0 radical (unpaired) electrons. The molecule has 4 nitrogen and oxygen atoms in total. The molecule has 1 spiro atoms. The van der Waals surface area contributed by atoms with Gasteiger partial charge in [0.05, 0.1) is 5.56 Å². The summed E-state index contributed by atoms with van der Waals surface area (Å²) in [6.07, 6.45) is 1.89. The summed E-state index contributed by atoms with van der Waals surface area (Å²) in [4.78, 5) is 12.9. The highest BCUT2D eigenvalue weighted by atomic mass is 16.3. The van der Waals surface area contributed by atoms with E-state index in [1.165, 1.54) is 6.42 Å². The number of benzene rings is 1. The zero-order valence-corrected chi connectivity index (χ0v) is 9.65. The second kappa shape index (κ2) is 3.74. The fraction of sp³-hybridized carbons (Fsp3) is 0.462. The minimum Gasteiger partial charge on any atom is -0.507 e. The van der Waals surface area contributed by atoms with E-state index < -0.39 is 0 Å². The van der Waals surface area contributed by atoms with Gasteiger partial charge in [0.2, 0.25) is 0 Å². The van der Waals surface area contributed by atoms with Gasteiger partial charge in [0.1, 0.15) is 5.75 Å². The summed E-state index contributed by atoms with van der Waals surface area (Å²) in [6.45, 7) is 4.27. The van der Waals surface area contributed by atoms with Crippen molar-refractivity contribution in [2.24, 2.45) is 5.41 Å². The van der Waals surface area contributed by atoms with Gasteiger partial charge in [-0.3, -0.25) is 4.79 Å². The first-order chi connectivity index (χ1) is 8.22. The molecule has 17 heavy (non-hydrogen) atoms. The number of carbonyl (C=O) groups excluding carboxylic acids is 1. The monoisotopic (exact) mass is 232 g/mol. The van der Waals surface area contributed by atoms with Gasteiger partial charge >= 0.3 is 0 Å². The molecule has 2 saturated heterocycles. The van der Waals surface area contributed by atoms with Gasteiger partial charge in [0.25, 0.3) is 0 Å². The smallest absolute Gasteiger partial charge is 0.153 e. The maximum Gasteiger partial charge on any atom is 0.153 e. The Kier molecular flexibility index (Phi) is 2.33. The maximum atomic E-state index is 10.6. The average Bonchev–Trinajstić information content (AvgIpc) is 2.73. The van der Waals surface area contributed by atoms with Gasteiger partial charge in [0.15, 0.2) is 6.29 Å². The summed E-state index contributed by atoms with van der Waals surface area (Å²) >= 11 is 0. The van der Waals surface area contributed by atoms with E-state index in [-0.39, 0.29) is 5.75 Å². The Bertz CT molecular complexity index is 455. The molecule has 1 aromatic carbocycles. The molecule has 1 aromatic rings. The van der Waals surface area contributed by atoms with Crippen molar-refractivity contribution in [3.63, 3.8) is 0 Å². The molecule has 2 fully saturated rings. The lowest BCUT2D eigenvalue weighted by atomic mass is 9.81. The Labute approximate surface area is 100 Å². The van der Waals surface area contributed by atoms with Crippen molar-refractivity contribution in [2.45, 2.75) is 6.42 Å². The van der Waals surface area contributed by atoms with Crippen LogP contribution in [0.3, 0.4) is 0 Å². The van der Waals surface area contributed by atoms with E-state index in [2.05, 4.69) is 10.2 Å². The van der Waals surface area contributed by atoms with Crippen LogP contribution in [0.1, 0.15) is 16.8 Å². The largest absolute Gasteiger partial charge is 0.507 e. The van der Waals surface area contributed by atoms with Gasteiger partial charge in [-0.2, -0.15) is 0 Å². The highest BCUT2D eigenvalue weighted by molar-refractivity contribution is 5.80. The molecule has 2 aliphatic rings. The Hall–Kier alpha value is -1.55. The van der Waals surface area contributed by atoms with E-state index in [9.17, 15) is 9.90 Å². The summed E-state index contributed by atoms with van der Waals surface area (Å²) in [6, 6.07) is 5.28. The van der Waals surface area contributed by atoms with Gasteiger partial charge < -0.3 is 15.3 Å². The number of anilines is 1. The van der Waals surface area contributed by atoms with E-state index in [0.717, 1.165) is 31.9 Å². The summed E-state index contributed by atoms with van der Waals surface area (Å²) < 4.78 is 0. The number of aromatic hydroxyl groups is 1. The van der Waals surface area contributed by atoms with E-state index in [4.69, 9.17) is 0 Å². The lowest BCUT2D eigenvalue weighted by molar-refractivity contribution is 0.112. The van der Waals surface area contributed by atoms with E-state index >= 15 is 0 Å². The van der Waals surface area contributed by atoms with Crippen LogP contribution in [-0.2, 0) is 0 Å². The molecule has 0 unspecified atom stereocenters. The minimum absolute atomic E-state index is 0.0742. The zero-order chi connectivity index (χ0) is 11.9. The van der Waals surface area contributed by atoms with Crippen LogP contribution in [-0.4, -0.2) is 37.6 Å². The van der Waals surface area contributed by atoms with Crippen LogP contribution in [0, 0.1) is 5.41 Å². The normalized spacial score (nSPS) is 21.5. The molecule has 2 aliphatic heterocycles. The first kappa shape index (κ1) is 10.6. The van der Waals surface area contributed by atoms with Crippen LogP contribution in [0.15, 0.2) is 18.2 Å². The number of nitrogens with one attached hydrogen (secondary N) is 1. The maximum absolute atomic E-state index is 10.6. The third kappa shape index (κ3) is 1.69. The van der Waals surface area contributed by atoms with Crippen molar-refractivity contribution in [1.29, 1.82) is 0 Å². The van der Waals surface area contributed by atoms with Crippen molar-refractivity contribution >= 4 is 12.0 Å². The number of carbonyl (C=O) groups is 1. The van der Waals surface area contributed by atoms with E-state index in [1.807, 2.05) is 6.07 Å². The standard InChI is InChI=1S/C13H16N2O2/c16-6-10-1-2-11(5-12(10)17)15-4-3-13(9-15)7-14-8-13/h1-2,5-6,14,17H,3-4,7-9H2. The number of hydrogen-bond acceptors (Lipinski definition) is 4. The Morgan fingerprint density at radius 2 is 2.24 bits per heavy atom. The molecule has 0 bridgehead atoms. The van der Waals surface area contributed by atoms with E-state index in [0.29, 0.717) is 17.3 Å². The van der Waals surface area contributed by atoms with Gasteiger partial charge in [-0.25, -0.2) is 0 Å². The molecule has 2 heterocycles. The van der Waals surface area contributed by atoms with Crippen molar-refractivity contribution in [2.75, 3.05) is 31.1 Å². The van der Waals surface area contributed by atoms with Crippen molar-refractivity contribution in [3.8, 4) is 5.75 Å². The molecule has 2 N–H and O–H groups in total. The van der Waals surface area contributed by atoms with Crippen LogP contribution in [0.5, 0.6) is 5.75 Å². The third-order valence-electron chi connectivity index (χ3n) is 3.94. The van der Waals surface area contributed by atoms with Crippen molar-refractivity contribution in [1.82, 2.24) is 5.32 Å². The van der Waals surface area contributed by atoms with Gasteiger partial charge in [0, 0.05) is 43.3 Å². The summed E-state index contributed by atoms with van der Waals surface area (Å²) in [5, 5.41) is 13.0. The number of aldehydes is 1. The molecule has 0 amide bonds. The zero-order valence-electron chi connectivity index (χ0n) is 9.65. The minimum atomic E-state index is 0.0742. The second-order valence-electron chi connectivity index (χ2n) is 5.14. The predicted molar refractivity (Wildman–Crippen MR) is 65.6 cm³/mol. The molecule has 0 atom stereocenters. The number of rotatable bonds is 2. The topological polar surface area (TPSA) is 52.6 Å². The van der Waals surface area contributed by atoms with Crippen molar-refractivity contribution in [3.05, 3.63) is 23.8 Å². The van der Waals surface area contributed by atoms with Gasteiger partial charge in [-0.15, -0.1) is 0 Å². The lowest BCUT2D eigenvalue weighted by Gasteiger charge is -2.39. The number of phenolic OH excluding ortho intramolecular Hbond substituents is 1. The summed E-state index contributed by atoms with van der Waals surface area (Å²) in [5.41, 5.74) is 1.81. The SMILES string of the molecule is O=Cc1ccc(N2CCC3(CNC3)C2)cc1O. The predicted octanol–water partition coefficient (Wildman–Crippen LogP) is 1.00. The number of nitrogens with zero attached hydrogens (tertiary/aromatic N) is 1. The molecular formula is C13H16N2O2. The van der Waals surface area contributed by atoms with Gasteiger partial charge in [-0.05, 0) is 18.6 Å². The average molecular weight is 232 g/mol. The van der Waals surface area contributed by atoms with Crippen LogP contribution in [0.4, 0.5) is 5.69 Å². The van der Waals surface area contributed by atoms with Crippen LogP contribution >= 0.6 is 0 Å². The fourth-order valence-electron chi connectivity index (χ4n) is 2.75.